The molecular weight excluding hydrogens is 364 g/mol. The van der Waals surface area contributed by atoms with Crippen LogP contribution in [0.2, 0.25) is 0 Å². The van der Waals surface area contributed by atoms with Gasteiger partial charge in [-0.05, 0) is 57.9 Å². The molecule has 2 aromatic heterocycles. The van der Waals surface area contributed by atoms with Crippen molar-refractivity contribution in [1.82, 2.24) is 14.2 Å². The molecule has 0 spiro atoms. The third-order valence-electron chi connectivity index (χ3n) is 5.36. The Morgan fingerprint density at radius 2 is 1.69 bits per heavy atom. The fourth-order valence-electron chi connectivity index (χ4n) is 4.11. The van der Waals surface area contributed by atoms with Crippen molar-refractivity contribution in [1.29, 1.82) is 0 Å². The van der Waals surface area contributed by atoms with Gasteiger partial charge in [-0.3, -0.25) is 14.3 Å². The number of aromatic nitrogens is 3. The number of hydrogen-bond donors (Lipinski definition) is 1. The molecule has 0 saturated carbocycles. The molecule has 6 heteroatoms. The quantitative estimate of drug-likeness (QED) is 0.575. The predicted octanol–water partition coefficient (Wildman–Crippen LogP) is 4.08. The van der Waals surface area contributed by atoms with E-state index in [1.165, 1.54) is 11.6 Å². The Labute approximate surface area is 168 Å². The Bertz CT molecular complexity index is 1310. The number of anilines is 1. The first-order valence-corrected chi connectivity index (χ1v) is 9.66. The smallest absolute Gasteiger partial charge is 0.273 e. The van der Waals surface area contributed by atoms with Gasteiger partial charge in [0, 0.05) is 22.8 Å². The third-order valence-corrected chi connectivity index (χ3v) is 5.36. The van der Waals surface area contributed by atoms with Crippen molar-refractivity contribution in [2.45, 2.75) is 40.7 Å². The van der Waals surface area contributed by atoms with E-state index in [-0.39, 0.29) is 11.5 Å². The second-order valence-electron chi connectivity index (χ2n) is 7.67. The molecule has 4 aromatic rings. The first kappa shape index (κ1) is 18.9. The molecule has 1 atom stereocenters. The maximum atomic E-state index is 13.2. The van der Waals surface area contributed by atoms with Crippen molar-refractivity contribution in [2.75, 3.05) is 5.32 Å². The average Bonchev–Trinajstić information content (AvgIpc) is 2.98. The van der Waals surface area contributed by atoms with Crippen LogP contribution in [0.5, 0.6) is 0 Å². The maximum Gasteiger partial charge on any atom is 0.273 e. The van der Waals surface area contributed by atoms with Crippen LogP contribution < -0.4 is 10.9 Å². The van der Waals surface area contributed by atoms with E-state index in [9.17, 15) is 9.59 Å². The Morgan fingerprint density at radius 1 is 1.03 bits per heavy atom. The van der Waals surface area contributed by atoms with E-state index in [0.717, 1.165) is 33.4 Å². The highest BCUT2D eigenvalue weighted by Gasteiger charge is 2.23. The Hall–Kier alpha value is -3.41. The average molecular weight is 388 g/mol. The lowest BCUT2D eigenvalue weighted by Gasteiger charge is -2.20. The highest BCUT2D eigenvalue weighted by molar-refractivity contribution is 5.98. The lowest BCUT2D eigenvalue weighted by atomic mass is 10.0. The molecule has 2 heterocycles. The summed E-state index contributed by atoms with van der Waals surface area (Å²) in [6.45, 7) is 9.75. The van der Waals surface area contributed by atoms with Gasteiger partial charge in [0.2, 0.25) is 5.91 Å². The number of hydrogen-bond acceptors (Lipinski definition) is 3. The van der Waals surface area contributed by atoms with Crippen LogP contribution in [-0.2, 0) is 4.79 Å². The monoisotopic (exact) mass is 388 g/mol. The van der Waals surface area contributed by atoms with Gasteiger partial charge in [0.05, 0.1) is 5.52 Å². The summed E-state index contributed by atoms with van der Waals surface area (Å²) < 4.78 is 3.76. The van der Waals surface area contributed by atoms with Crippen LogP contribution in [0.25, 0.3) is 16.6 Å². The number of aryl methyl sites for hydroxylation is 4. The molecule has 2 aromatic carbocycles. The van der Waals surface area contributed by atoms with Gasteiger partial charge >= 0.3 is 0 Å². The van der Waals surface area contributed by atoms with E-state index in [4.69, 9.17) is 0 Å². The summed E-state index contributed by atoms with van der Waals surface area (Å²) >= 11 is 0. The van der Waals surface area contributed by atoms with E-state index in [2.05, 4.69) is 22.4 Å². The maximum absolute atomic E-state index is 13.2. The fourth-order valence-corrected chi connectivity index (χ4v) is 4.11. The number of carbonyl (C=O) groups is 1. The normalized spacial score (nSPS) is 12.4. The zero-order valence-corrected chi connectivity index (χ0v) is 17.3. The Balaban J connectivity index is 1.86. The minimum absolute atomic E-state index is 0.124. The van der Waals surface area contributed by atoms with Gasteiger partial charge in [-0.25, -0.2) is 4.52 Å². The van der Waals surface area contributed by atoms with Crippen molar-refractivity contribution in [3.8, 4) is 0 Å². The van der Waals surface area contributed by atoms with Crippen molar-refractivity contribution >= 4 is 28.1 Å². The SMILES string of the molecule is Cc1cc(C)c(NC(=O)[C@H](C)n2c3ccccc3c3nc(=O)cc(C)n32)c(C)c1. The van der Waals surface area contributed by atoms with Gasteiger partial charge in [0.1, 0.15) is 6.04 Å². The molecule has 0 fully saturated rings. The zero-order valence-electron chi connectivity index (χ0n) is 17.3. The summed E-state index contributed by atoms with van der Waals surface area (Å²) in [6.07, 6.45) is 0. The number of nitrogens with zero attached hydrogens (tertiary/aromatic N) is 3. The van der Waals surface area contributed by atoms with Crippen molar-refractivity contribution in [2.24, 2.45) is 0 Å². The molecule has 4 rings (SSSR count). The van der Waals surface area contributed by atoms with Crippen molar-refractivity contribution < 1.29 is 4.79 Å². The Kier molecular flexibility index (Phi) is 4.49. The van der Waals surface area contributed by atoms with Crippen molar-refractivity contribution in [3.63, 3.8) is 0 Å². The summed E-state index contributed by atoms with van der Waals surface area (Å²) in [5.74, 6) is -0.124. The first-order chi connectivity index (χ1) is 13.8. The Morgan fingerprint density at radius 3 is 2.38 bits per heavy atom. The molecule has 1 amide bonds. The third kappa shape index (κ3) is 3.10. The van der Waals surface area contributed by atoms with E-state index in [0.29, 0.717) is 5.65 Å². The number of benzene rings is 2. The lowest BCUT2D eigenvalue weighted by molar-refractivity contribution is -0.119. The number of fused-ring (bicyclic) bond motifs is 3. The predicted molar refractivity (Wildman–Crippen MR) is 116 cm³/mol. The highest BCUT2D eigenvalue weighted by atomic mass is 16.2. The minimum Gasteiger partial charge on any atom is -0.324 e. The van der Waals surface area contributed by atoms with Gasteiger partial charge < -0.3 is 5.32 Å². The van der Waals surface area contributed by atoms with Crippen LogP contribution in [0.15, 0.2) is 47.3 Å². The van der Waals surface area contributed by atoms with Crippen LogP contribution in [0.1, 0.15) is 35.3 Å². The molecule has 148 valence electrons. The molecule has 0 aliphatic carbocycles. The molecule has 0 bridgehead atoms. The van der Waals surface area contributed by atoms with Crippen molar-refractivity contribution in [3.05, 3.63) is 75.2 Å². The number of nitrogens with one attached hydrogen (secondary N) is 1. The van der Waals surface area contributed by atoms with Crippen LogP contribution in [0, 0.1) is 27.7 Å². The van der Waals surface area contributed by atoms with Gasteiger partial charge in [0.15, 0.2) is 5.65 Å². The molecule has 0 aliphatic heterocycles. The topological polar surface area (TPSA) is 68.4 Å². The zero-order chi connectivity index (χ0) is 20.9. The van der Waals surface area contributed by atoms with Crippen LogP contribution >= 0.6 is 0 Å². The number of amides is 1. The van der Waals surface area contributed by atoms with Gasteiger partial charge in [-0.2, -0.15) is 4.98 Å². The summed E-state index contributed by atoms with van der Waals surface area (Å²) in [7, 11) is 0. The van der Waals surface area contributed by atoms with E-state index < -0.39 is 6.04 Å². The molecule has 29 heavy (non-hydrogen) atoms. The van der Waals surface area contributed by atoms with Gasteiger partial charge in [-0.1, -0.05) is 29.8 Å². The highest BCUT2D eigenvalue weighted by Crippen LogP contribution is 2.27. The largest absolute Gasteiger partial charge is 0.324 e. The van der Waals surface area contributed by atoms with E-state index >= 15 is 0 Å². The molecule has 0 unspecified atom stereocenters. The standard InChI is InChI=1S/C23H24N4O2/c1-13-10-14(2)21(15(3)11-13)25-23(29)17(5)27-19-9-7-6-8-18(19)22-24-20(28)12-16(4)26(22)27/h6-12,17H,1-5H3,(H,25,29)/t17-/m0/s1. The summed E-state index contributed by atoms with van der Waals surface area (Å²) in [5, 5.41) is 3.94. The van der Waals surface area contributed by atoms with E-state index in [1.54, 1.807) is 0 Å². The number of rotatable bonds is 3. The number of carbonyl (C=O) groups excluding carboxylic acids is 1. The molecule has 0 radical (unpaired) electrons. The second-order valence-corrected chi connectivity index (χ2v) is 7.67. The molecule has 1 N–H and O–H groups in total. The number of para-hydroxylation sites is 1. The molecule has 0 aliphatic rings. The minimum atomic E-state index is -0.513. The summed E-state index contributed by atoms with van der Waals surface area (Å²) in [5.41, 5.74) is 5.95. The van der Waals surface area contributed by atoms with Crippen LogP contribution in [0.3, 0.4) is 0 Å². The molecule has 6 nitrogen and oxygen atoms in total. The van der Waals surface area contributed by atoms with Crippen LogP contribution in [0.4, 0.5) is 5.69 Å². The van der Waals surface area contributed by atoms with Gasteiger partial charge in [-0.15, -0.1) is 0 Å². The summed E-state index contributed by atoms with van der Waals surface area (Å²) in [4.78, 5) is 29.4. The first-order valence-electron chi connectivity index (χ1n) is 9.66. The van der Waals surface area contributed by atoms with E-state index in [1.807, 2.05) is 68.1 Å². The van der Waals surface area contributed by atoms with Gasteiger partial charge in [0.25, 0.3) is 5.56 Å². The lowest BCUT2D eigenvalue weighted by Crippen LogP contribution is -2.27. The summed E-state index contributed by atoms with van der Waals surface area (Å²) in [6, 6.07) is 12.8. The fraction of sp³-hybridized carbons (Fsp3) is 0.261. The second kappa shape index (κ2) is 6.88. The van der Waals surface area contributed by atoms with Crippen LogP contribution in [-0.4, -0.2) is 20.1 Å². The molecule has 0 saturated heterocycles. The molecular formula is C23H24N4O2.